The van der Waals surface area contributed by atoms with Gasteiger partial charge in [-0.1, -0.05) is 42.5 Å². The van der Waals surface area contributed by atoms with Crippen LogP contribution in [0.3, 0.4) is 0 Å². The van der Waals surface area contributed by atoms with Crippen LogP contribution < -0.4 is 5.32 Å². The Morgan fingerprint density at radius 2 is 1.77 bits per heavy atom. The Balaban J connectivity index is 1.47. The van der Waals surface area contributed by atoms with E-state index in [9.17, 15) is 4.79 Å². The summed E-state index contributed by atoms with van der Waals surface area (Å²) in [5.41, 5.74) is 2.07. The van der Waals surface area contributed by atoms with Gasteiger partial charge >= 0.3 is 0 Å². The molecule has 1 amide bonds. The van der Waals surface area contributed by atoms with Crippen molar-refractivity contribution in [3.8, 4) is 0 Å². The number of carbonyl (C=O) groups is 1. The third kappa shape index (κ3) is 3.95. The summed E-state index contributed by atoms with van der Waals surface area (Å²) in [5, 5.41) is 3.14. The van der Waals surface area contributed by atoms with Crippen molar-refractivity contribution in [2.24, 2.45) is 0 Å². The monoisotopic (exact) mass is 293 g/mol. The van der Waals surface area contributed by atoms with Gasteiger partial charge in [0.1, 0.15) is 0 Å². The fourth-order valence-corrected chi connectivity index (χ4v) is 2.88. The first-order chi connectivity index (χ1) is 10.8. The molecule has 113 valence electrons. The Morgan fingerprint density at radius 3 is 2.45 bits per heavy atom. The van der Waals surface area contributed by atoms with E-state index < -0.39 is 0 Å². The zero-order valence-corrected chi connectivity index (χ0v) is 12.7. The first-order valence-electron chi connectivity index (χ1n) is 7.84. The molecule has 3 rings (SSSR count). The number of amides is 1. The normalized spacial score (nSPS) is 16.4. The molecule has 1 N–H and O–H groups in total. The Bertz CT molecular complexity index is 589. The lowest BCUT2D eigenvalue weighted by atomic mass is 10.0. The maximum atomic E-state index is 12.1. The summed E-state index contributed by atoms with van der Waals surface area (Å²) in [4.78, 5) is 14.6. The van der Waals surface area contributed by atoms with Gasteiger partial charge in [-0.3, -0.25) is 9.69 Å². The summed E-state index contributed by atoms with van der Waals surface area (Å²) < 4.78 is 0. The predicted octanol–water partition coefficient (Wildman–Crippen LogP) is 2.88. The average molecular weight is 293 g/mol. The minimum absolute atomic E-state index is 0.0236. The number of carbonyl (C=O) groups excluding carboxylic acids is 1. The molecule has 0 aliphatic carbocycles. The summed E-state index contributed by atoms with van der Waals surface area (Å²) >= 11 is 0. The van der Waals surface area contributed by atoms with Gasteiger partial charge in [-0.05, 0) is 36.6 Å². The van der Waals surface area contributed by atoms with Crippen LogP contribution in [0, 0.1) is 6.07 Å². The standard InChI is InChI=1S/C19H21N2O/c22-19(17-9-5-2-6-10-17)20-18-11-13-21(14-12-18)15-16-7-3-1-4-8-16/h1,3-10,18H,11-15H2,(H,20,22). The molecule has 0 saturated carbocycles. The number of benzene rings is 2. The Morgan fingerprint density at radius 1 is 1.09 bits per heavy atom. The Labute approximate surface area is 132 Å². The summed E-state index contributed by atoms with van der Waals surface area (Å²) in [7, 11) is 0. The predicted molar refractivity (Wildman–Crippen MR) is 87.5 cm³/mol. The number of nitrogens with one attached hydrogen (secondary N) is 1. The van der Waals surface area contributed by atoms with Crippen molar-refractivity contribution in [1.29, 1.82) is 0 Å². The van der Waals surface area contributed by atoms with Gasteiger partial charge in [0.05, 0.1) is 0 Å². The third-order valence-electron chi connectivity index (χ3n) is 4.15. The van der Waals surface area contributed by atoms with Gasteiger partial charge in [-0.15, -0.1) is 0 Å². The van der Waals surface area contributed by atoms with Crippen molar-refractivity contribution in [2.75, 3.05) is 13.1 Å². The van der Waals surface area contributed by atoms with E-state index in [0.717, 1.165) is 32.5 Å². The summed E-state index contributed by atoms with van der Waals surface area (Å²) in [6, 6.07) is 20.9. The van der Waals surface area contributed by atoms with Crippen LogP contribution in [0.4, 0.5) is 0 Å². The molecule has 0 aromatic heterocycles. The van der Waals surface area contributed by atoms with Gasteiger partial charge in [0, 0.05) is 31.2 Å². The number of piperidine rings is 1. The van der Waals surface area contributed by atoms with Gasteiger partial charge in [-0.25, -0.2) is 0 Å². The van der Waals surface area contributed by atoms with Crippen LogP contribution in [-0.2, 0) is 6.54 Å². The minimum Gasteiger partial charge on any atom is -0.349 e. The Kier molecular flexibility index (Phi) is 4.86. The molecule has 3 nitrogen and oxygen atoms in total. The smallest absolute Gasteiger partial charge is 0.251 e. The average Bonchev–Trinajstić information content (AvgIpc) is 2.58. The van der Waals surface area contributed by atoms with Crippen LogP contribution in [0.2, 0.25) is 0 Å². The van der Waals surface area contributed by atoms with Gasteiger partial charge < -0.3 is 5.32 Å². The van der Waals surface area contributed by atoms with Crippen molar-refractivity contribution in [2.45, 2.75) is 25.4 Å². The lowest BCUT2D eigenvalue weighted by Crippen LogP contribution is -2.44. The van der Waals surface area contributed by atoms with E-state index in [-0.39, 0.29) is 11.9 Å². The fraction of sp³-hybridized carbons (Fsp3) is 0.316. The van der Waals surface area contributed by atoms with E-state index in [4.69, 9.17) is 0 Å². The van der Waals surface area contributed by atoms with Crippen molar-refractivity contribution in [1.82, 2.24) is 10.2 Å². The van der Waals surface area contributed by atoms with Gasteiger partial charge in [0.2, 0.25) is 0 Å². The first-order valence-corrected chi connectivity index (χ1v) is 7.84. The zero-order chi connectivity index (χ0) is 15.2. The second-order valence-electron chi connectivity index (χ2n) is 5.80. The molecule has 2 aromatic carbocycles. The second kappa shape index (κ2) is 7.23. The lowest BCUT2D eigenvalue weighted by Gasteiger charge is -2.32. The molecule has 1 aliphatic rings. The molecule has 22 heavy (non-hydrogen) atoms. The van der Waals surface area contributed by atoms with Gasteiger partial charge in [0.25, 0.3) is 5.91 Å². The molecule has 0 bridgehead atoms. The fourth-order valence-electron chi connectivity index (χ4n) is 2.88. The van der Waals surface area contributed by atoms with E-state index in [0.29, 0.717) is 5.56 Å². The summed E-state index contributed by atoms with van der Waals surface area (Å²) in [6.07, 6.45) is 2.02. The topological polar surface area (TPSA) is 32.3 Å². The summed E-state index contributed by atoms with van der Waals surface area (Å²) in [6.45, 7) is 3.06. The molecule has 3 heteroatoms. The first kappa shape index (κ1) is 14.8. The lowest BCUT2D eigenvalue weighted by molar-refractivity contribution is 0.0909. The Hall–Kier alpha value is -2.13. The molecule has 0 unspecified atom stereocenters. The van der Waals surface area contributed by atoms with Crippen molar-refractivity contribution < 1.29 is 4.79 Å². The second-order valence-corrected chi connectivity index (χ2v) is 5.80. The molecule has 1 saturated heterocycles. The van der Waals surface area contributed by atoms with E-state index in [1.54, 1.807) is 24.3 Å². The highest BCUT2D eigenvalue weighted by molar-refractivity contribution is 5.94. The molecule has 1 radical (unpaired) electrons. The highest BCUT2D eigenvalue weighted by Crippen LogP contribution is 2.14. The number of rotatable bonds is 4. The third-order valence-corrected chi connectivity index (χ3v) is 4.15. The van der Waals surface area contributed by atoms with Crippen LogP contribution in [-0.4, -0.2) is 29.9 Å². The van der Waals surface area contributed by atoms with E-state index in [2.05, 4.69) is 40.5 Å². The molecular weight excluding hydrogens is 272 g/mol. The number of likely N-dealkylation sites (tertiary alicyclic amines) is 1. The molecule has 2 aromatic rings. The maximum Gasteiger partial charge on any atom is 0.251 e. The number of nitrogens with zero attached hydrogens (tertiary/aromatic N) is 1. The number of hydrogen-bond donors (Lipinski definition) is 1. The SMILES string of the molecule is O=C(NC1CCN(Cc2ccccc2)CC1)c1cc[c]cc1. The van der Waals surface area contributed by atoms with Gasteiger partial charge in [-0.2, -0.15) is 0 Å². The van der Waals surface area contributed by atoms with Crippen molar-refractivity contribution in [3.63, 3.8) is 0 Å². The molecule has 1 fully saturated rings. The minimum atomic E-state index is 0.0236. The van der Waals surface area contributed by atoms with Crippen LogP contribution >= 0.6 is 0 Å². The van der Waals surface area contributed by atoms with Gasteiger partial charge in [0.15, 0.2) is 0 Å². The van der Waals surface area contributed by atoms with Crippen LogP contribution in [0.25, 0.3) is 0 Å². The maximum absolute atomic E-state index is 12.1. The molecule has 1 aliphatic heterocycles. The van der Waals surface area contributed by atoms with Crippen LogP contribution in [0.15, 0.2) is 54.6 Å². The molecule has 0 atom stereocenters. The molecular formula is C19H21N2O. The highest BCUT2D eigenvalue weighted by Gasteiger charge is 2.21. The molecule has 1 heterocycles. The largest absolute Gasteiger partial charge is 0.349 e. The highest BCUT2D eigenvalue weighted by atomic mass is 16.1. The van der Waals surface area contributed by atoms with Crippen LogP contribution in [0.1, 0.15) is 28.8 Å². The summed E-state index contributed by atoms with van der Waals surface area (Å²) in [5.74, 6) is 0.0236. The van der Waals surface area contributed by atoms with Crippen molar-refractivity contribution in [3.05, 3.63) is 71.8 Å². The van der Waals surface area contributed by atoms with Crippen molar-refractivity contribution >= 4 is 5.91 Å². The van der Waals surface area contributed by atoms with E-state index >= 15 is 0 Å². The molecule has 0 spiro atoms. The van der Waals surface area contributed by atoms with E-state index in [1.165, 1.54) is 5.56 Å². The number of hydrogen-bond acceptors (Lipinski definition) is 2. The zero-order valence-electron chi connectivity index (χ0n) is 12.7. The van der Waals surface area contributed by atoms with Crippen LogP contribution in [0.5, 0.6) is 0 Å². The van der Waals surface area contributed by atoms with E-state index in [1.807, 2.05) is 6.07 Å². The quantitative estimate of drug-likeness (QED) is 0.940.